The van der Waals surface area contributed by atoms with Crippen LogP contribution >= 0.6 is 0 Å². The van der Waals surface area contributed by atoms with E-state index < -0.39 is 0 Å². The standard InChI is InChI=1S/C14H30N4/c1-5-9-16-14(13-15)8-12-18(6-2)11-7-10-17(3)4/h14,16H,5-12H2,1-4H3. The summed E-state index contributed by atoms with van der Waals surface area (Å²) in [6.45, 7) is 9.59. The summed E-state index contributed by atoms with van der Waals surface area (Å²) in [4.78, 5) is 4.65. The molecule has 0 saturated heterocycles. The third-order valence-electron chi connectivity index (χ3n) is 3.06. The second-order valence-electron chi connectivity index (χ2n) is 5.02. The van der Waals surface area contributed by atoms with Crippen molar-refractivity contribution < 1.29 is 0 Å². The lowest BCUT2D eigenvalue weighted by molar-refractivity contribution is 0.257. The Morgan fingerprint density at radius 3 is 2.39 bits per heavy atom. The molecule has 1 N–H and O–H groups in total. The highest BCUT2D eigenvalue weighted by atomic mass is 15.1. The van der Waals surface area contributed by atoms with Gasteiger partial charge in [0.05, 0.1) is 12.1 Å². The quantitative estimate of drug-likeness (QED) is 0.607. The number of nitriles is 1. The summed E-state index contributed by atoms with van der Waals surface area (Å²) in [6, 6.07) is 2.35. The van der Waals surface area contributed by atoms with Crippen LogP contribution in [-0.4, -0.2) is 62.7 Å². The molecule has 4 heteroatoms. The Balaban J connectivity index is 3.79. The van der Waals surface area contributed by atoms with Gasteiger partial charge in [0.2, 0.25) is 0 Å². The Morgan fingerprint density at radius 2 is 1.89 bits per heavy atom. The molecule has 0 radical (unpaired) electrons. The van der Waals surface area contributed by atoms with Gasteiger partial charge in [0.15, 0.2) is 0 Å². The Kier molecular flexibility index (Phi) is 11.1. The van der Waals surface area contributed by atoms with Gasteiger partial charge in [-0.05, 0) is 59.5 Å². The van der Waals surface area contributed by atoms with Gasteiger partial charge >= 0.3 is 0 Å². The van der Waals surface area contributed by atoms with Crippen LogP contribution in [0.1, 0.15) is 33.1 Å². The number of rotatable bonds is 11. The van der Waals surface area contributed by atoms with Crippen LogP contribution in [0.4, 0.5) is 0 Å². The summed E-state index contributed by atoms with van der Waals surface area (Å²) >= 11 is 0. The van der Waals surface area contributed by atoms with Gasteiger partial charge in [0.1, 0.15) is 0 Å². The second-order valence-corrected chi connectivity index (χ2v) is 5.02. The summed E-state index contributed by atoms with van der Waals surface area (Å²) in [7, 11) is 4.22. The van der Waals surface area contributed by atoms with E-state index in [0.29, 0.717) is 0 Å². The van der Waals surface area contributed by atoms with E-state index in [9.17, 15) is 0 Å². The van der Waals surface area contributed by atoms with Gasteiger partial charge in [-0.25, -0.2) is 0 Å². The minimum Gasteiger partial charge on any atom is -0.309 e. The lowest BCUT2D eigenvalue weighted by Crippen LogP contribution is -2.35. The first-order valence-corrected chi connectivity index (χ1v) is 7.14. The normalized spacial score (nSPS) is 12.9. The van der Waals surface area contributed by atoms with Crippen molar-refractivity contribution in [3.05, 3.63) is 0 Å². The first kappa shape index (κ1) is 17.4. The van der Waals surface area contributed by atoms with Crippen LogP contribution < -0.4 is 5.32 Å². The summed E-state index contributed by atoms with van der Waals surface area (Å²) in [5.74, 6) is 0. The molecule has 0 aromatic rings. The number of nitrogens with zero attached hydrogens (tertiary/aromatic N) is 3. The molecule has 0 aliphatic carbocycles. The zero-order valence-corrected chi connectivity index (χ0v) is 12.6. The fourth-order valence-corrected chi connectivity index (χ4v) is 1.88. The van der Waals surface area contributed by atoms with Crippen LogP contribution in [0.5, 0.6) is 0 Å². The molecule has 0 spiro atoms. The van der Waals surface area contributed by atoms with Crippen LogP contribution in [0.3, 0.4) is 0 Å². The van der Waals surface area contributed by atoms with E-state index >= 15 is 0 Å². The molecule has 0 aromatic heterocycles. The molecule has 0 saturated carbocycles. The van der Waals surface area contributed by atoms with Crippen LogP contribution in [0, 0.1) is 11.3 Å². The maximum atomic E-state index is 9.05. The van der Waals surface area contributed by atoms with Crippen molar-refractivity contribution in [1.82, 2.24) is 15.1 Å². The first-order valence-electron chi connectivity index (χ1n) is 7.14. The molecule has 0 heterocycles. The minimum absolute atomic E-state index is 0.00727. The minimum atomic E-state index is 0.00727. The van der Waals surface area contributed by atoms with E-state index in [1.54, 1.807) is 0 Å². The molecule has 1 atom stereocenters. The smallest absolute Gasteiger partial charge is 0.0965 e. The topological polar surface area (TPSA) is 42.3 Å². The van der Waals surface area contributed by atoms with Crippen molar-refractivity contribution in [3.8, 4) is 6.07 Å². The molecule has 0 aliphatic rings. The van der Waals surface area contributed by atoms with Gasteiger partial charge in [-0.15, -0.1) is 0 Å². The molecule has 1 unspecified atom stereocenters. The lowest BCUT2D eigenvalue weighted by Gasteiger charge is -2.22. The van der Waals surface area contributed by atoms with Crippen molar-refractivity contribution in [3.63, 3.8) is 0 Å². The van der Waals surface area contributed by atoms with E-state index in [2.05, 4.69) is 49.1 Å². The van der Waals surface area contributed by atoms with Crippen LogP contribution in [-0.2, 0) is 0 Å². The lowest BCUT2D eigenvalue weighted by atomic mass is 10.2. The van der Waals surface area contributed by atoms with Crippen molar-refractivity contribution in [2.24, 2.45) is 0 Å². The van der Waals surface area contributed by atoms with Gasteiger partial charge in [-0.2, -0.15) is 5.26 Å². The molecule has 106 valence electrons. The Hall–Kier alpha value is -0.630. The fourth-order valence-electron chi connectivity index (χ4n) is 1.88. The molecule has 0 rings (SSSR count). The second kappa shape index (κ2) is 11.5. The average Bonchev–Trinajstić information content (AvgIpc) is 2.36. The van der Waals surface area contributed by atoms with E-state index in [1.165, 1.54) is 6.42 Å². The number of hydrogen-bond acceptors (Lipinski definition) is 4. The zero-order valence-electron chi connectivity index (χ0n) is 12.6. The summed E-state index contributed by atoms with van der Waals surface area (Å²) in [5, 5.41) is 12.3. The molecule has 0 amide bonds. The Bertz CT molecular complexity index is 222. The Labute approximate surface area is 113 Å². The van der Waals surface area contributed by atoms with Gasteiger partial charge in [0.25, 0.3) is 0 Å². The van der Waals surface area contributed by atoms with E-state index in [-0.39, 0.29) is 6.04 Å². The van der Waals surface area contributed by atoms with Crippen molar-refractivity contribution in [1.29, 1.82) is 5.26 Å². The van der Waals surface area contributed by atoms with Crippen LogP contribution in [0.15, 0.2) is 0 Å². The third kappa shape index (κ3) is 9.41. The molecule has 0 aromatic carbocycles. The maximum Gasteiger partial charge on any atom is 0.0965 e. The highest BCUT2D eigenvalue weighted by Crippen LogP contribution is 1.98. The molecular formula is C14H30N4. The van der Waals surface area contributed by atoms with Gasteiger partial charge in [0, 0.05) is 6.54 Å². The van der Waals surface area contributed by atoms with Gasteiger partial charge in [-0.3, -0.25) is 0 Å². The van der Waals surface area contributed by atoms with Crippen LogP contribution in [0.25, 0.3) is 0 Å². The molecule has 0 fully saturated rings. The zero-order chi connectivity index (χ0) is 13.8. The fraction of sp³-hybridized carbons (Fsp3) is 0.929. The maximum absolute atomic E-state index is 9.05. The highest BCUT2D eigenvalue weighted by Gasteiger charge is 2.09. The van der Waals surface area contributed by atoms with Crippen molar-refractivity contribution in [2.75, 3.05) is 46.8 Å². The molecular weight excluding hydrogens is 224 g/mol. The monoisotopic (exact) mass is 254 g/mol. The number of hydrogen-bond donors (Lipinski definition) is 1. The van der Waals surface area contributed by atoms with E-state index in [0.717, 1.165) is 45.6 Å². The summed E-state index contributed by atoms with van der Waals surface area (Å²) in [6.07, 6.45) is 3.20. The molecule has 0 aliphatic heterocycles. The predicted molar refractivity (Wildman–Crippen MR) is 77.6 cm³/mol. The number of nitrogens with one attached hydrogen (secondary N) is 1. The predicted octanol–water partition coefficient (Wildman–Crippen LogP) is 1.54. The molecule has 0 bridgehead atoms. The third-order valence-corrected chi connectivity index (χ3v) is 3.06. The molecule has 18 heavy (non-hydrogen) atoms. The summed E-state index contributed by atoms with van der Waals surface area (Å²) < 4.78 is 0. The Morgan fingerprint density at radius 1 is 1.17 bits per heavy atom. The summed E-state index contributed by atoms with van der Waals surface area (Å²) in [5.41, 5.74) is 0. The van der Waals surface area contributed by atoms with Crippen molar-refractivity contribution in [2.45, 2.75) is 39.2 Å². The van der Waals surface area contributed by atoms with Crippen molar-refractivity contribution >= 4 is 0 Å². The van der Waals surface area contributed by atoms with Crippen LogP contribution in [0.2, 0.25) is 0 Å². The highest BCUT2D eigenvalue weighted by molar-refractivity contribution is 4.89. The molecule has 4 nitrogen and oxygen atoms in total. The van der Waals surface area contributed by atoms with Gasteiger partial charge in [-0.1, -0.05) is 13.8 Å². The first-order chi connectivity index (χ1) is 8.63. The average molecular weight is 254 g/mol. The van der Waals surface area contributed by atoms with E-state index in [1.807, 2.05) is 0 Å². The largest absolute Gasteiger partial charge is 0.309 e. The van der Waals surface area contributed by atoms with E-state index in [4.69, 9.17) is 5.26 Å². The SMILES string of the molecule is CCCNC(C#N)CCN(CC)CCCN(C)C. The van der Waals surface area contributed by atoms with Gasteiger partial charge < -0.3 is 15.1 Å².